The number of aromatic nitrogens is 2. The molecule has 5 nitrogen and oxygen atoms in total. The highest BCUT2D eigenvalue weighted by atomic mass is 16.3. The first-order valence-corrected chi connectivity index (χ1v) is 6.43. The second-order valence-corrected chi connectivity index (χ2v) is 4.89. The molecule has 0 saturated heterocycles. The Morgan fingerprint density at radius 3 is 2.95 bits per heavy atom. The zero-order valence-electron chi connectivity index (χ0n) is 11.2. The van der Waals surface area contributed by atoms with Crippen molar-refractivity contribution in [3.63, 3.8) is 0 Å². The van der Waals surface area contributed by atoms with Crippen LogP contribution in [0.3, 0.4) is 0 Å². The molecule has 0 aliphatic heterocycles. The predicted molar refractivity (Wildman–Crippen MR) is 72.8 cm³/mol. The average molecular weight is 261 g/mol. The highest BCUT2D eigenvalue weighted by Crippen LogP contribution is 2.06. The Hall–Kier alpha value is -1.88. The number of carbonyl (C=O) groups excluding carboxylic acids is 1. The summed E-state index contributed by atoms with van der Waals surface area (Å²) in [5.74, 6) is -0.0266. The third-order valence-electron chi connectivity index (χ3n) is 3.29. The Bertz CT molecular complexity index is 532. The number of imidazole rings is 1. The van der Waals surface area contributed by atoms with Crippen LogP contribution < -0.4 is 5.32 Å². The van der Waals surface area contributed by atoms with Crippen LogP contribution in [0.15, 0.2) is 30.6 Å². The number of fused-ring (bicyclic) bond motifs is 1. The molecule has 0 spiro atoms. The molecule has 5 heteroatoms. The fraction of sp³-hybridized carbons (Fsp3) is 0.429. The summed E-state index contributed by atoms with van der Waals surface area (Å²) in [4.78, 5) is 16.3. The zero-order chi connectivity index (χ0) is 13.8. The topological polar surface area (TPSA) is 66.6 Å². The van der Waals surface area contributed by atoms with Gasteiger partial charge in [0.05, 0.1) is 12.1 Å². The van der Waals surface area contributed by atoms with Gasteiger partial charge in [-0.05, 0) is 25.0 Å². The van der Waals surface area contributed by atoms with Crippen molar-refractivity contribution in [3.05, 3.63) is 36.3 Å². The molecular weight excluding hydrogens is 242 g/mol. The van der Waals surface area contributed by atoms with Gasteiger partial charge in [-0.15, -0.1) is 0 Å². The van der Waals surface area contributed by atoms with Crippen LogP contribution >= 0.6 is 0 Å². The van der Waals surface area contributed by atoms with Crippen LogP contribution in [-0.2, 0) is 11.2 Å². The number of nitrogens with zero attached hydrogens (tertiary/aromatic N) is 2. The van der Waals surface area contributed by atoms with Crippen LogP contribution in [0, 0.1) is 5.92 Å². The van der Waals surface area contributed by atoms with Gasteiger partial charge in [-0.25, -0.2) is 4.98 Å². The number of amides is 1. The van der Waals surface area contributed by atoms with E-state index in [1.54, 1.807) is 0 Å². The normalized spacial score (nSPS) is 14.3. The van der Waals surface area contributed by atoms with Gasteiger partial charge in [0.1, 0.15) is 5.65 Å². The molecule has 19 heavy (non-hydrogen) atoms. The lowest BCUT2D eigenvalue weighted by Crippen LogP contribution is -2.39. The summed E-state index contributed by atoms with van der Waals surface area (Å²) in [7, 11) is 0. The standard InChI is InChI=1S/C14H19N3O2/c1-10(9-18)11(2)15-14(19)7-12-8-17-6-4-3-5-13(17)16-12/h3-6,8,10-11,18H,7,9H2,1-2H3,(H,15,19). The number of aliphatic hydroxyl groups is 1. The van der Waals surface area contributed by atoms with E-state index in [-0.39, 0.29) is 30.9 Å². The largest absolute Gasteiger partial charge is 0.396 e. The molecule has 2 unspecified atom stereocenters. The summed E-state index contributed by atoms with van der Waals surface area (Å²) in [5.41, 5.74) is 1.58. The maximum atomic E-state index is 11.9. The summed E-state index contributed by atoms with van der Waals surface area (Å²) in [6, 6.07) is 5.69. The summed E-state index contributed by atoms with van der Waals surface area (Å²) < 4.78 is 1.89. The molecule has 2 atom stereocenters. The van der Waals surface area contributed by atoms with Crippen molar-refractivity contribution in [1.82, 2.24) is 14.7 Å². The number of aliphatic hydroxyl groups excluding tert-OH is 1. The van der Waals surface area contributed by atoms with Crippen molar-refractivity contribution >= 4 is 11.6 Å². The van der Waals surface area contributed by atoms with Crippen LogP contribution in [0.2, 0.25) is 0 Å². The molecule has 0 aromatic carbocycles. The number of nitrogens with one attached hydrogen (secondary N) is 1. The highest BCUT2D eigenvalue weighted by molar-refractivity contribution is 5.78. The van der Waals surface area contributed by atoms with Crippen molar-refractivity contribution in [2.45, 2.75) is 26.3 Å². The fourth-order valence-electron chi connectivity index (χ4n) is 1.84. The van der Waals surface area contributed by atoms with Crippen molar-refractivity contribution in [3.8, 4) is 0 Å². The van der Waals surface area contributed by atoms with Gasteiger partial charge in [-0.2, -0.15) is 0 Å². The molecule has 102 valence electrons. The summed E-state index contributed by atoms with van der Waals surface area (Å²) in [5, 5.41) is 11.9. The molecule has 0 saturated carbocycles. The molecular formula is C14H19N3O2. The van der Waals surface area contributed by atoms with E-state index in [9.17, 15) is 4.79 Å². The molecule has 2 rings (SSSR count). The van der Waals surface area contributed by atoms with E-state index in [1.807, 2.05) is 48.8 Å². The van der Waals surface area contributed by atoms with Gasteiger partial charge in [-0.1, -0.05) is 13.0 Å². The third-order valence-corrected chi connectivity index (χ3v) is 3.29. The van der Waals surface area contributed by atoms with Crippen molar-refractivity contribution in [2.75, 3.05) is 6.61 Å². The summed E-state index contributed by atoms with van der Waals surface area (Å²) in [6.07, 6.45) is 4.01. The minimum Gasteiger partial charge on any atom is -0.396 e. The second kappa shape index (κ2) is 5.84. The maximum absolute atomic E-state index is 11.9. The van der Waals surface area contributed by atoms with Gasteiger partial charge in [0, 0.05) is 25.0 Å². The fourth-order valence-corrected chi connectivity index (χ4v) is 1.84. The molecule has 2 N–H and O–H groups in total. The van der Waals surface area contributed by atoms with Gasteiger partial charge in [-0.3, -0.25) is 4.79 Å². The maximum Gasteiger partial charge on any atom is 0.226 e. The van der Waals surface area contributed by atoms with Crippen molar-refractivity contribution < 1.29 is 9.90 Å². The lowest BCUT2D eigenvalue weighted by atomic mass is 10.1. The van der Waals surface area contributed by atoms with Crippen LogP contribution in [-0.4, -0.2) is 33.0 Å². The molecule has 0 aliphatic carbocycles. The van der Waals surface area contributed by atoms with E-state index in [2.05, 4.69) is 10.3 Å². The number of hydrogen-bond donors (Lipinski definition) is 2. The Labute approximate surface area is 112 Å². The minimum absolute atomic E-state index is 0.0463. The first kappa shape index (κ1) is 13.5. The molecule has 2 aromatic rings. The Balaban J connectivity index is 1.98. The lowest BCUT2D eigenvalue weighted by molar-refractivity contribution is -0.121. The molecule has 0 radical (unpaired) electrons. The van der Waals surface area contributed by atoms with E-state index in [0.717, 1.165) is 11.3 Å². The number of carbonyl (C=O) groups is 1. The van der Waals surface area contributed by atoms with Gasteiger partial charge < -0.3 is 14.8 Å². The number of pyridine rings is 1. The van der Waals surface area contributed by atoms with Crippen LogP contribution in [0.5, 0.6) is 0 Å². The lowest BCUT2D eigenvalue weighted by Gasteiger charge is -2.18. The van der Waals surface area contributed by atoms with Gasteiger partial charge in [0.15, 0.2) is 0 Å². The Kier molecular flexibility index (Phi) is 4.16. The SMILES string of the molecule is CC(CO)C(C)NC(=O)Cc1cn2ccccc2n1. The van der Waals surface area contributed by atoms with E-state index < -0.39 is 0 Å². The molecule has 0 fully saturated rings. The monoisotopic (exact) mass is 261 g/mol. The van der Waals surface area contributed by atoms with Crippen LogP contribution in [0.4, 0.5) is 0 Å². The molecule has 0 aliphatic rings. The summed E-state index contributed by atoms with van der Waals surface area (Å²) in [6.45, 7) is 3.86. The third kappa shape index (κ3) is 3.32. The highest BCUT2D eigenvalue weighted by Gasteiger charge is 2.15. The Morgan fingerprint density at radius 1 is 1.47 bits per heavy atom. The minimum atomic E-state index is -0.0730. The van der Waals surface area contributed by atoms with Crippen molar-refractivity contribution in [1.29, 1.82) is 0 Å². The zero-order valence-corrected chi connectivity index (χ0v) is 11.2. The van der Waals surface area contributed by atoms with E-state index in [4.69, 9.17) is 5.11 Å². The quantitative estimate of drug-likeness (QED) is 0.844. The van der Waals surface area contributed by atoms with Gasteiger partial charge >= 0.3 is 0 Å². The van der Waals surface area contributed by atoms with E-state index >= 15 is 0 Å². The smallest absolute Gasteiger partial charge is 0.226 e. The molecule has 2 aromatic heterocycles. The Morgan fingerprint density at radius 2 is 2.26 bits per heavy atom. The van der Waals surface area contributed by atoms with E-state index in [0.29, 0.717) is 0 Å². The first-order valence-electron chi connectivity index (χ1n) is 6.43. The van der Waals surface area contributed by atoms with Crippen LogP contribution in [0.1, 0.15) is 19.5 Å². The molecule has 1 amide bonds. The van der Waals surface area contributed by atoms with Gasteiger partial charge in [0.25, 0.3) is 0 Å². The van der Waals surface area contributed by atoms with E-state index in [1.165, 1.54) is 0 Å². The predicted octanol–water partition coefficient (Wildman–Crippen LogP) is 1.01. The van der Waals surface area contributed by atoms with Crippen LogP contribution in [0.25, 0.3) is 5.65 Å². The average Bonchev–Trinajstić information content (AvgIpc) is 2.79. The first-order chi connectivity index (χ1) is 9.10. The molecule has 2 heterocycles. The van der Waals surface area contributed by atoms with Crippen molar-refractivity contribution in [2.24, 2.45) is 5.92 Å². The number of hydrogen-bond acceptors (Lipinski definition) is 3. The summed E-state index contributed by atoms with van der Waals surface area (Å²) >= 11 is 0. The van der Waals surface area contributed by atoms with Gasteiger partial charge in [0.2, 0.25) is 5.91 Å². The molecule has 0 bridgehead atoms. The number of rotatable bonds is 5. The second-order valence-electron chi connectivity index (χ2n) is 4.89.